The van der Waals surface area contributed by atoms with Crippen molar-refractivity contribution in [2.45, 2.75) is 25.8 Å². The Hall–Kier alpha value is -1.97. The summed E-state index contributed by atoms with van der Waals surface area (Å²) in [6, 6.07) is 0.350. The van der Waals surface area contributed by atoms with Crippen molar-refractivity contribution in [2.24, 2.45) is 0 Å². The van der Waals surface area contributed by atoms with Crippen LogP contribution in [0.15, 0.2) is 0 Å². The Kier molecular flexibility index (Phi) is 7.34. The number of methoxy groups -OCH3 is 2. The highest BCUT2D eigenvalue weighted by Crippen LogP contribution is 2.34. The zero-order chi connectivity index (χ0) is 20.1. The quantitative estimate of drug-likeness (QED) is 0.729. The van der Waals surface area contributed by atoms with E-state index in [1.54, 1.807) is 6.92 Å². The van der Waals surface area contributed by atoms with Crippen LogP contribution in [0.4, 0.5) is 5.00 Å². The molecule has 0 atom stereocenters. The van der Waals surface area contributed by atoms with Gasteiger partial charge in [-0.15, -0.1) is 11.3 Å². The molecule has 27 heavy (non-hydrogen) atoms. The van der Waals surface area contributed by atoms with Gasteiger partial charge in [0.05, 0.1) is 26.3 Å². The monoisotopic (exact) mass is 397 g/mol. The van der Waals surface area contributed by atoms with Gasteiger partial charge in [-0.2, -0.15) is 0 Å². The van der Waals surface area contributed by atoms with Crippen molar-refractivity contribution in [3.63, 3.8) is 0 Å². The lowest BCUT2D eigenvalue weighted by Gasteiger charge is -2.34. The van der Waals surface area contributed by atoms with Crippen LogP contribution in [0.1, 0.15) is 38.4 Å². The molecule has 0 radical (unpaired) electrons. The number of hydrogen-bond donors (Lipinski definition) is 1. The molecule has 1 aliphatic rings. The summed E-state index contributed by atoms with van der Waals surface area (Å²) >= 11 is 1.02. The molecule has 1 N–H and O–H groups in total. The first-order valence-corrected chi connectivity index (χ1v) is 9.58. The number of nitrogens with zero attached hydrogens (tertiary/aromatic N) is 2. The summed E-state index contributed by atoms with van der Waals surface area (Å²) in [5, 5.41) is 3.07. The van der Waals surface area contributed by atoms with Crippen molar-refractivity contribution in [3.8, 4) is 0 Å². The summed E-state index contributed by atoms with van der Waals surface area (Å²) in [4.78, 5) is 41.2. The predicted molar refractivity (Wildman–Crippen MR) is 104 cm³/mol. The predicted octanol–water partition coefficient (Wildman–Crippen LogP) is 1.59. The first-order chi connectivity index (χ1) is 12.8. The Morgan fingerprint density at radius 3 is 2.33 bits per heavy atom. The number of amides is 1. The Morgan fingerprint density at radius 1 is 1.19 bits per heavy atom. The second kappa shape index (κ2) is 9.29. The molecule has 9 heteroatoms. The molecule has 1 amide bonds. The number of carbonyl (C=O) groups is 3. The van der Waals surface area contributed by atoms with Crippen LogP contribution < -0.4 is 5.32 Å². The number of likely N-dealkylation sites (N-methyl/N-ethyl adjacent to an activating group) is 1. The number of esters is 2. The molecule has 2 rings (SSSR count). The molecule has 150 valence electrons. The lowest BCUT2D eigenvalue weighted by atomic mass is 10.0. The molecule has 0 spiro atoms. The van der Waals surface area contributed by atoms with Gasteiger partial charge in [-0.1, -0.05) is 0 Å². The van der Waals surface area contributed by atoms with Gasteiger partial charge in [0.2, 0.25) is 5.91 Å². The van der Waals surface area contributed by atoms with Crippen molar-refractivity contribution in [3.05, 3.63) is 16.0 Å². The lowest BCUT2D eigenvalue weighted by molar-refractivity contribution is -0.117. The van der Waals surface area contributed by atoms with E-state index in [4.69, 9.17) is 9.47 Å². The van der Waals surface area contributed by atoms with E-state index in [2.05, 4.69) is 17.3 Å². The third-order valence-corrected chi connectivity index (χ3v) is 6.05. The highest BCUT2D eigenvalue weighted by atomic mass is 32.1. The number of anilines is 1. The van der Waals surface area contributed by atoms with Crippen LogP contribution in [-0.4, -0.2) is 81.6 Å². The van der Waals surface area contributed by atoms with E-state index < -0.39 is 11.9 Å². The van der Waals surface area contributed by atoms with Crippen LogP contribution in [0.25, 0.3) is 0 Å². The number of piperidine rings is 1. The highest BCUT2D eigenvalue weighted by Gasteiger charge is 2.28. The van der Waals surface area contributed by atoms with Gasteiger partial charge in [0.25, 0.3) is 0 Å². The fourth-order valence-corrected chi connectivity index (χ4v) is 4.32. The molecule has 1 aromatic rings. The van der Waals surface area contributed by atoms with Gasteiger partial charge in [-0.3, -0.25) is 9.69 Å². The van der Waals surface area contributed by atoms with Crippen LogP contribution in [0.5, 0.6) is 0 Å². The van der Waals surface area contributed by atoms with Gasteiger partial charge in [0, 0.05) is 6.04 Å². The number of rotatable bonds is 6. The van der Waals surface area contributed by atoms with E-state index in [9.17, 15) is 14.4 Å². The number of thiophene rings is 1. The van der Waals surface area contributed by atoms with Crippen LogP contribution >= 0.6 is 11.3 Å². The number of nitrogens with one attached hydrogen (secondary N) is 1. The van der Waals surface area contributed by atoms with E-state index in [-0.39, 0.29) is 22.9 Å². The molecule has 2 heterocycles. The largest absolute Gasteiger partial charge is 0.465 e. The Morgan fingerprint density at radius 2 is 1.78 bits per heavy atom. The van der Waals surface area contributed by atoms with E-state index in [1.165, 1.54) is 14.2 Å². The Balaban J connectivity index is 2.12. The van der Waals surface area contributed by atoms with Crippen LogP contribution in [0.3, 0.4) is 0 Å². The zero-order valence-electron chi connectivity index (χ0n) is 16.5. The summed E-state index contributed by atoms with van der Waals surface area (Å²) in [6.07, 6.45) is 2.02. The van der Waals surface area contributed by atoms with Gasteiger partial charge >= 0.3 is 11.9 Å². The summed E-state index contributed by atoms with van der Waals surface area (Å²) in [5.41, 5.74) is 0.635. The van der Waals surface area contributed by atoms with Crippen LogP contribution in [0, 0.1) is 6.92 Å². The molecule has 0 aliphatic carbocycles. The van der Waals surface area contributed by atoms with Crippen molar-refractivity contribution in [1.82, 2.24) is 9.80 Å². The first-order valence-electron chi connectivity index (χ1n) is 8.77. The number of likely N-dealkylation sites (tertiary alicyclic amines) is 1. The van der Waals surface area contributed by atoms with Crippen LogP contribution in [0.2, 0.25) is 0 Å². The Bertz CT molecular complexity index is 710. The minimum Gasteiger partial charge on any atom is -0.465 e. The average molecular weight is 397 g/mol. The summed E-state index contributed by atoms with van der Waals surface area (Å²) < 4.78 is 9.55. The SMILES string of the molecule is COC(=O)c1sc(NC(=O)CN(C)C2CCN(C)CC2)c(C(=O)OC)c1C. The summed E-state index contributed by atoms with van der Waals surface area (Å²) in [7, 11) is 6.55. The molecule has 8 nitrogen and oxygen atoms in total. The molecule has 0 bridgehead atoms. The normalized spacial score (nSPS) is 15.6. The average Bonchev–Trinajstić information content (AvgIpc) is 2.96. The topological polar surface area (TPSA) is 88.2 Å². The third kappa shape index (κ3) is 5.06. The molecule has 1 aromatic heterocycles. The molecule has 0 saturated carbocycles. The standard InChI is InChI=1S/C18H27N3O5S/c1-11-14(17(23)25-4)16(27-15(11)18(24)26-5)19-13(22)10-21(3)12-6-8-20(2)9-7-12/h12H,6-10H2,1-5H3,(H,19,22). The van der Waals surface area contributed by atoms with Crippen molar-refractivity contribution in [2.75, 3.05) is 53.3 Å². The maximum Gasteiger partial charge on any atom is 0.348 e. The fourth-order valence-electron chi connectivity index (χ4n) is 3.19. The summed E-state index contributed by atoms with van der Waals surface area (Å²) in [5.74, 6) is -1.39. The third-order valence-electron chi connectivity index (χ3n) is 4.86. The van der Waals surface area contributed by atoms with Gasteiger partial charge in [0.15, 0.2) is 0 Å². The minimum absolute atomic E-state index is 0.193. The number of ether oxygens (including phenoxy) is 2. The Labute approximate surface area is 163 Å². The minimum atomic E-state index is -0.599. The molecule has 1 saturated heterocycles. The van der Waals surface area contributed by atoms with E-state index >= 15 is 0 Å². The van der Waals surface area contributed by atoms with E-state index in [0.29, 0.717) is 16.6 Å². The fraction of sp³-hybridized carbons (Fsp3) is 0.611. The molecule has 1 aliphatic heterocycles. The van der Waals surface area contributed by atoms with Crippen molar-refractivity contribution in [1.29, 1.82) is 0 Å². The van der Waals surface area contributed by atoms with Gasteiger partial charge in [-0.05, 0) is 52.5 Å². The lowest BCUT2D eigenvalue weighted by Crippen LogP contribution is -2.44. The summed E-state index contributed by atoms with van der Waals surface area (Å²) in [6.45, 7) is 3.86. The molecule has 1 fully saturated rings. The number of hydrogen-bond acceptors (Lipinski definition) is 8. The van der Waals surface area contributed by atoms with Crippen molar-refractivity contribution >= 4 is 34.2 Å². The van der Waals surface area contributed by atoms with Gasteiger partial charge in [-0.25, -0.2) is 9.59 Å². The van der Waals surface area contributed by atoms with E-state index in [0.717, 1.165) is 37.3 Å². The highest BCUT2D eigenvalue weighted by molar-refractivity contribution is 7.18. The van der Waals surface area contributed by atoms with Gasteiger partial charge in [0.1, 0.15) is 9.88 Å². The first kappa shape index (κ1) is 21.3. The van der Waals surface area contributed by atoms with Gasteiger partial charge < -0.3 is 19.7 Å². The van der Waals surface area contributed by atoms with Crippen LogP contribution in [-0.2, 0) is 14.3 Å². The maximum atomic E-state index is 12.5. The molecule has 0 aromatic carbocycles. The molecule has 0 unspecified atom stereocenters. The number of carbonyl (C=O) groups excluding carboxylic acids is 3. The second-order valence-corrected chi connectivity index (χ2v) is 7.76. The smallest absolute Gasteiger partial charge is 0.348 e. The maximum absolute atomic E-state index is 12.5. The molecular formula is C18H27N3O5S. The van der Waals surface area contributed by atoms with Crippen molar-refractivity contribution < 1.29 is 23.9 Å². The second-order valence-electron chi connectivity index (χ2n) is 6.74. The molecular weight excluding hydrogens is 370 g/mol. The van der Waals surface area contributed by atoms with E-state index in [1.807, 2.05) is 11.9 Å². The zero-order valence-corrected chi connectivity index (χ0v) is 17.3.